The third-order valence-electron chi connectivity index (χ3n) is 5.20. The fourth-order valence-electron chi connectivity index (χ4n) is 3.38. The van der Waals surface area contributed by atoms with Crippen molar-refractivity contribution >= 4 is 17.7 Å². The summed E-state index contributed by atoms with van der Waals surface area (Å²) in [5, 5.41) is 15.1. The maximum absolute atomic E-state index is 13.5. The van der Waals surface area contributed by atoms with E-state index >= 15 is 0 Å². The molecule has 0 fully saturated rings. The van der Waals surface area contributed by atoms with Crippen molar-refractivity contribution in [3.8, 4) is 5.88 Å². The van der Waals surface area contributed by atoms with E-state index in [0.717, 1.165) is 11.5 Å². The third kappa shape index (κ3) is 6.74. The average Bonchev–Trinajstić information content (AvgIpc) is 2.84. The van der Waals surface area contributed by atoms with Crippen molar-refractivity contribution in [3.63, 3.8) is 0 Å². The number of carbonyl (C=O) groups is 2. The summed E-state index contributed by atoms with van der Waals surface area (Å²) >= 11 is 0. The summed E-state index contributed by atoms with van der Waals surface area (Å²) in [6, 6.07) is 11.7. The number of pyridine rings is 2. The first-order valence-electron chi connectivity index (χ1n) is 10.9. The Morgan fingerprint density at radius 2 is 2.00 bits per heavy atom. The molecule has 3 N–H and O–H groups in total. The van der Waals surface area contributed by atoms with Crippen LogP contribution in [-0.4, -0.2) is 46.6 Å². The maximum Gasteiger partial charge on any atom is 0.326 e. The van der Waals surface area contributed by atoms with Gasteiger partial charge in [0.25, 0.3) is 5.91 Å². The second-order valence-corrected chi connectivity index (χ2v) is 7.59. The van der Waals surface area contributed by atoms with E-state index in [1.165, 1.54) is 24.4 Å². The molecule has 3 aromatic rings. The normalized spacial score (nSPS) is 11.5. The van der Waals surface area contributed by atoms with Crippen LogP contribution >= 0.6 is 0 Å². The molecule has 0 aliphatic carbocycles. The number of aromatic nitrogens is 2. The van der Waals surface area contributed by atoms with E-state index in [1.807, 2.05) is 18.2 Å². The van der Waals surface area contributed by atoms with Gasteiger partial charge in [0.2, 0.25) is 5.88 Å². The highest BCUT2D eigenvalue weighted by Gasteiger charge is 2.22. The van der Waals surface area contributed by atoms with E-state index in [-0.39, 0.29) is 12.0 Å². The molecule has 0 saturated heterocycles. The molecule has 0 saturated carbocycles. The van der Waals surface area contributed by atoms with Gasteiger partial charge >= 0.3 is 5.97 Å². The van der Waals surface area contributed by atoms with Crippen LogP contribution in [0.2, 0.25) is 0 Å². The molecule has 9 heteroatoms. The summed E-state index contributed by atoms with van der Waals surface area (Å²) in [6.45, 7) is 2.18. The summed E-state index contributed by atoms with van der Waals surface area (Å²) < 4.78 is 19.1. The number of nitrogens with zero attached hydrogens (tertiary/aromatic N) is 2. The Kier molecular flexibility index (Phi) is 8.50. The molecule has 2 aromatic heterocycles. The number of hydrogen-bond donors (Lipinski definition) is 3. The van der Waals surface area contributed by atoms with Crippen LogP contribution in [0.25, 0.3) is 0 Å². The lowest BCUT2D eigenvalue weighted by Crippen LogP contribution is -2.42. The molecule has 8 nitrogen and oxygen atoms in total. The Labute approximate surface area is 197 Å². The molecule has 34 heavy (non-hydrogen) atoms. The highest BCUT2D eigenvalue weighted by atomic mass is 19.1. The minimum atomic E-state index is -1.18. The molecule has 0 spiro atoms. The summed E-state index contributed by atoms with van der Waals surface area (Å²) in [6.07, 6.45) is 2.61. The summed E-state index contributed by atoms with van der Waals surface area (Å²) in [7, 11) is 1.81. The summed E-state index contributed by atoms with van der Waals surface area (Å²) in [5.74, 6) is -0.994. The van der Waals surface area contributed by atoms with E-state index in [0.29, 0.717) is 36.5 Å². The zero-order valence-corrected chi connectivity index (χ0v) is 19.0. The Morgan fingerprint density at radius 1 is 1.18 bits per heavy atom. The molecular weight excluding hydrogens is 439 g/mol. The Balaban J connectivity index is 1.57. The number of aliphatic carboxylic acids is 1. The number of carboxylic acid groups (broad SMARTS) is 1. The average molecular weight is 467 g/mol. The molecular formula is C25H27FN4O4. The molecule has 0 radical (unpaired) electrons. The minimum absolute atomic E-state index is 0.0394. The number of ether oxygens (including phenoxy) is 1. The van der Waals surface area contributed by atoms with Gasteiger partial charge in [-0.25, -0.2) is 19.2 Å². The summed E-state index contributed by atoms with van der Waals surface area (Å²) in [4.78, 5) is 33.0. The maximum atomic E-state index is 13.5. The number of aryl methyl sites for hydroxylation is 1. The number of benzene rings is 1. The number of amides is 1. The Morgan fingerprint density at radius 3 is 2.68 bits per heavy atom. The van der Waals surface area contributed by atoms with Crippen molar-refractivity contribution in [1.29, 1.82) is 0 Å². The molecule has 0 aliphatic heterocycles. The van der Waals surface area contributed by atoms with Gasteiger partial charge in [-0.1, -0.05) is 19.1 Å². The fourth-order valence-corrected chi connectivity index (χ4v) is 3.38. The van der Waals surface area contributed by atoms with Crippen LogP contribution in [0.4, 0.5) is 10.2 Å². The predicted molar refractivity (Wildman–Crippen MR) is 126 cm³/mol. The highest BCUT2D eigenvalue weighted by molar-refractivity contribution is 5.97. The van der Waals surface area contributed by atoms with Crippen LogP contribution < -0.4 is 15.4 Å². The van der Waals surface area contributed by atoms with Gasteiger partial charge < -0.3 is 20.5 Å². The number of carbonyl (C=O) groups excluding carboxylic acids is 1. The van der Waals surface area contributed by atoms with Gasteiger partial charge in [-0.3, -0.25) is 4.79 Å². The quantitative estimate of drug-likeness (QED) is 0.397. The van der Waals surface area contributed by atoms with E-state index < -0.39 is 23.7 Å². The van der Waals surface area contributed by atoms with Gasteiger partial charge in [-0.2, -0.15) is 0 Å². The standard InChI is InChI=1S/C25H27FN4O4/c1-3-17-14-18(26)8-9-20(17)24(31)30-21(25(32)33)13-16-7-10-23(28-15-16)34-12-11-19-5-4-6-22(27-2)29-19/h4-10,14-15,21H,3,11-13H2,1-2H3,(H,27,29)(H,30,31)(H,32,33)/t21-/m0/s1. The lowest BCUT2D eigenvalue weighted by molar-refractivity contribution is -0.139. The van der Waals surface area contributed by atoms with Crippen molar-refractivity contribution in [2.75, 3.05) is 19.0 Å². The van der Waals surface area contributed by atoms with Crippen LogP contribution in [-0.2, 0) is 24.1 Å². The smallest absolute Gasteiger partial charge is 0.326 e. The molecule has 0 bridgehead atoms. The van der Waals surface area contributed by atoms with Crippen LogP contribution in [0.5, 0.6) is 5.88 Å². The highest BCUT2D eigenvalue weighted by Crippen LogP contribution is 2.14. The molecule has 0 unspecified atom stereocenters. The van der Waals surface area contributed by atoms with Gasteiger partial charge in [-0.15, -0.1) is 0 Å². The number of carboxylic acids is 1. The lowest BCUT2D eigenvalue weighted by Gasteiger charge is -2.16. The predicted octanol–water partition coefficient (Wildman–Crippen LogP) is 3.27. The van der Waals surface area contributed by atoms with Crippen molar-refractivity contribution < 1.29 is 23.8 Å². The van der Waals surface area contributed by atoms with Crippen molar-refractivity contribution in [2.45, 2.75) is 32.2 Å². The largest absolute Gasteiger partial charge is 0.480 e. The lowest BCUT2D eigenvalue weighted by atomic mass is 10.0. The second-order valence-electron chi connectivity index (χ2n) is 7.59. The zero-order chi connectivity index (χ0) is 24.5. The Bertz CT molecular complexity index is 1140. The van der Waals surface area contributed by atoms with Gasteiger partial charge in [0.1, 0.15) is 17.7 Å². The minimum Gasteiger partial charge on any atom is -0.480 e. The molecule has 2 heterocycles. The van der Waals surface area contributed by atoms with Gasteiger partial charge in [0, 0.05) is 43.4 Å². The van der Waals surface area contributed by atoms with E-state index in [4.69, 9.17) is 4.74 Å². The molecule has 178 valence electrons. The second kappa shape index (κ2) is 11.7. The van der Waals surface area contributed by atoms with Crippen LogP contribution in [0.15, 0.2) is 54.7 Å². The molecule has 0 aliphatic rings. The monoisotopic (exact) mass is 466 g/mol. The van der Waals surface area contributed by atoms with Crippen molar-refractivity contribution in [2.24, 2.45) is 0 Å². The first kappa shape index (κ1) is 24.6. The number of rotatable bonds is 11. The zero-order valence-electron chi connectivity index (χ0n) is 19.0. The van der Waals surface area contributed by atoms with Crippen LogP contribution in [0, 0.1) is 5.82 Å². The topological polar surface area (TPSA) is 113 Å². The van der Waals surface area contributed by atoms with Crippen LogP contribution in [0.1, 0.15) is 34.1 Å². The first-order valence-corrected chi connectivity index (χ1v) is 10.9. The van der Waals surface area contributed by atoms with E-state index in [9.17, 15) is 19.1 Å². The summed E-state index contributed by atoms with van der Waals surface area (Å²) in [5.41, 5.74) is 2.28. The number of nitrogens with one attached hydrogen (secondary N) is 2. The van der Waals surface area contributed by atoms with Crippen molar-refractivity contribution in [1.82, 2.24) is 15.3 Å². The molecule has 3 rings (SSSR count). The number of hydrogen-bond acceptors (Lipinski definition) is 6. The van der Waals surface area contributed by atoms with Gasteiger partial charge in [0.15, 0.2) is 0 Å². The molecule has 1 atom stereocenters. The van der Waals surface area contributed by atoms with Crippen molar-refractivity contribution in [3.05, 3.63) is 82.9 Å². The third-order valence-corrected chi connectivity index (χ3v) is 5.20. The van der Waals surface area contributed by atoms with Crippen LogP contribution in [0.3, 0.4) is 0 Å². The van der Waals surface area contributed by atoms with E-state index in [2.05, 4.69) is 20.6 Å². The first-order chi connectivity index (χ1) is 16.4. The fraction of sp³-hybridized carbons (Fsp3) is 0.280. The Hall–Kier alpha value is -4.01. The number of anilines is 1. The SMILES string of the molecule is CCc1cc(F)ccc1C(=O)N[C@@H](Cc1ccc(OCCc2cccc(NC)n2)nc1)C(=O)O. The molecule has 1 amide bonds. The van der Waals surface area contributed by atoms with Gasteiger partial charge in [-0.05, 0) is 47.9 Å². The van der Waals surface area contributed by atoms with E-state index in [1.54, 1.807) is 26.1 Å². The van der Waals surface area contributed by atoms with Gasteiger partial charge in [0.05, 0.1) is 6.61 Å². The molecule has 1 aromatic carbocycles. The number of halogens is 1.